The number of alkyl halides is 3. The van der Waals surface area contributed by atoms with Crippen LogP contribution in [0, 0.1) is 5.92 Å². The lowest BCUT2D eigenvalue weighted by atomic mass is 9.83. The molecule has 1 unspecified atom stereocenters. The minimum atomic E-state index is -4.69. The Morgan fingerprint density at radius 3 is 2.57 bits per heavy atom. The Morgan fingerprint density at radius 1 is 1.17 bits per heavy atom. The number of rotatable bonds is 9. The van der Waals surface area contributed by atoms with Crippen molar-refractivity contribution in [1.29, 1.82) is 0 Å². The largest absolute Gasteiger partial charge is 0.497 e. The molecule has 2 aromatic carbocycles. The van der Waals surface area contributed by atoms with E-state index in [9.17, 15) is 18.0 Å². The molecule has 2 aromatic heterocycles. The number of hydrogen-bond donors (Lipinski definition) is 2. The van der Waals surface area contributed by atoms with Crippen LogP contribution in [0.5, 0.6) is 11.6 Å². The van der Waals surface area contributed by atoms with Gasteiger partial charge in [0, 0.05) is 16.5 Å². The molecule has 0 saturated heterocycles. The van der Waals surface area contributed by atoms with Crippen LogP contribution in [-0.2, 0) is 4.79 Å². The maximum Gasteiger partial charge on any atom is 0.429 e. The molecule has 0 amide bonds. The number of nitrogens with two attached hydrogens (primary N) is 1. The number of benzene rings is 2. The smallest absolute Gasteiger partial charge is 0.429 e. The van der Waals surface area contributed by atoms with Gasteiger partial charge in [-0.15, -0.1) is 23.7 Å². The Labute approximate surface area is 250 Å². The second-order valence-electron chi connectivity index (χ2n) is 9.95. The van der Waals surface area contributed by atoms with Crippen molar-refractivity contribution in [1.82, 2.24) is 9.97 Å². The van der Waals surface area contributed by atoms with Crippen molar-refractivity contribution in [2.45, 2.75) is 44.0 Å². The van der Waals surface area contributed by atoms with E-state index in [0.29, 0.717) is 35.2 Å². The van der Waals surface area contributed by atoms with E-state index >= 15 is 0 Å². The van der Waals surface area contributed by atoms with Gasteiger partial charge < -0.3 is 20.3 Å². The molecule has 1 aliphatic rings. The van der Waals surface area contributed by atoms with Gasteiger partial charge >= 0.3 is 12.1 Å². The summed E-state index contributed by atoms with van der Waals surface area (Å²) in [5.41, 5.74) is 9.57. The third kappa shape index (κ3) is 6.86. The van der Waals surface area contributed by atoms with E-state index in [1.807, 2.05) is 29.7 Å². The number of halogens is 4. The summed E-state index contributed by atoms with van der Waals surface area (Å²) in [6, 6.07) is 12.4. The monoisotopic (exact) mass is 619 g/mol. The Balaban J connectivity index is 0.00000405. The average molecular weight is 620 g/mol. The topological polar surface area (TPSA) is 108 Å². The quantitative estimate of drug-likeness (QED) is 0.200. The number of ether oxygens (including phenoxy) is 2. The van der Waals surface area contributed by atoms with Gasteiger partial charge in [0.1, 0.15) is 22.8 Å². The van der Waals surface area contributed by atoms with Crippen molar-refractivity contribution in [3.05, 3.63) is 77.4 Å². The summed E-state index contributed by atoms with van der Waals surface area (Å²) in [5, 5.41) is 10.9. The van der Waals surface area contributed by atoms with Crippen LogP contribution < -0.4 is 15.2 Å². The molecule has 0 spiro atoms. The zero-order valence-electron chi connectivity index (χ0n) is 22.5. The highest BCUT2D eigenvalue weighted by molar-refractivity contribution is 7.17. The summed E-state index contributed by atoms with van der Waals surface area (Å²) in [4.78, 5) is 19.5. The van der Waals surface area contributed by atoms with Gasteiger partial charge in [0.2, 0.25) is 12.0 Å². The van der Waals surface area contributed by atoms with Crippen LogP contribution in [0.2, 0.25) is 0 Å². The van der Waals surface area contributed by atoms with Gasteiger partial charge in [0.15, 0.2) is 0 Å². The first kappa shape index (κ1) is 31.3. The average Bonchev–Trinajstić information content (AvgIpc) is 3.41. The molecule has 12 heteroatoms. The molecule has 4 aromatic rings. The van der Waals surface area contributed by atoms with E-state index < -0.39 is 24.3 Å². The second-order valence-corrected chi connectivity index (χ2v) is 10.8. The Kier molecular flexibility index (Phi) is 9.75. The minimum Gasteiger partial charge on any atom is -0.497 e. The Bertz CT molecular complexity index is 1580. The number of nitrogens with zero attached hydrogens (tertiary/aromatic N) is 2. The van der Waals surface area contributed by atoms with E-state index in [-0.39, 0.29) is 29.8 Å². The van der Waals surface area contributed by atoms with E-state index in [1.54, 1.807) is 25.3 Å². The predicted octanol–water partition coefficient (Wildman–Crippen LogP) is 7.46. The molecule has 7 nitrogen and oxygen atoms in total. The number of carboxylic acids is 1. The lowest BCUT2D eigenvalue weighted by Crippen LogP contribution is -2.32. The first-order chi connectivity index (χ1) is 19.6. The molecule has 0 bridgehead atoms. The van der Waals surface area contributed by atoms with Gasteiger partial charge in [-0.05, 0) is 60.4 Å². The summed E-state index contributed by atoms with van der Waals surface area (Å²) in [7, 11) is 1.55. The zero-order chi connectivity index (χ0) is 29.1. The van der Waals surface area contributed by atoms with Crippen LogP contribution in [-0.4, -0.2) is 40.4 Å². The molecule has 0 radical (unpaired) electrons. The summed E-state index contributed by atoms with van der Waals surface area (Å²) >= 11 is 1.23. The van der Waals surface area contributed by atoms with Gasteiger partial charge in [-0.25, -0.2) is 9.97 Å². The molecule has 42 heavy (non-hydrogen) atoms. The molecule has 0 fully saturated rings. The van der Waals surface area contributed by atoms with Crippen molar-refractivity contribution in [3.8, 4) is 22.8 Å². The first-order valence-electron chi connectivity index (χ1n) is 13.0. The van der Waals surface area contributed by atoms with Crippen LogP contribution in [0.15, 0.2) is 66.3 Å². The molecule has 3 N–H and O–H groups in total. The fourth-order valence-electron chi connectivity index (χ4n) is 5.04. The lowest BCUT2D eigenvalue weighted by Gasteiger charge is -2.23. The Hall–Kier alpha value is -3.67. The van der Waals surface area contributed by atoms with E-state index in [1.165, 1.54) is 29.8 Å². The number of allylic oxidation sites excluding steroid dienone is 2. The number of aromatic nitrogens is 2. The summed E-state index contributed by atoms with van der Waals surface area (Å²) in [6.07, 6.45) is -1.15. The highest BCUT2D eigenvalue weighted by atomic mass is 35.5. The highest BCUT2D eigenvalue weighted by Crippen LogP contribution is 2.43. The normalized spacial score (nSPS) is 16.7. The SMILES string of the molecule is COc1cccc(-c2ccc([C@@H](Oc3ncnc4c(C5=CCC(C[C@H](N)C(=O)O)CC5)csc34)C(F)(F)F)cc2)c1.Cl. The third-order valence-electron chi connectivity index (χ3n) is 7.23. The van der Waals surface area contributed by atoms with E-state index in [2.05, 4.69) is 9.97 Å². The number of carboxylic acid groups (broad SMARTS) is 1. The fraction of sp³-hybridized carbons (Fsp3) is 0.300. The number of fused-ring (bicyclic) bond motifs is 1. The number of aliphatic carboxylic acids is 1. The summed E-state index contributed by atoms with van der Waals surface area (Å²) < 4.78 is 54.0. The summed E-state index contributed by atoms with van der Waals surface area (Å²) in [6.45, 7) is 0. The number of hydrogen-bond acceptors (Lipinski definition) is 7. The van der Waals surface area contributed by atoms with Crippen LogP contribution in [0.4, 0.5) is 13.2 Å². The molecular formula is C30H29ClF3N3O4S. The number of thiophene rings is 1. The lowest BCUT2D eigenvalue weighted by molar-refractivity contribution is -0.198. The molecule has 0 aliphatic heterocycles. The molecule has 0 saturated carbocycles. The third-order valence-corrected chi connectivity index (χ3v) is 8.19. The molecular weight excluding hydrogens is 591 g/mol. The Morgan fingerprint density at radius 2 is 1.93 bits per heavy atom. The second kappa shape index (κ2) is 13.1. The molecule has 1 aliphatic carbocycles. The summed E-state index contributed by atoms with van der Waals surface area (Å²) in [5.74, 6) is -0.339. The zero-order valence-corrected chi connectivity index (χ0v) is 24.1. The van der Waals surface area contributed by atoms with Crippen LogP contribution >= 0.6 is 23.7 Å². The van der Waals surface area contributed by atoms with Crippen molar-refractivity contribution < 1.29 is 32.5 Å². The number of methoxy groups -OCH3 is 1. The molecule has 5 rings (SSSR count). The van der Waals surface area contributed by atoms with Gasteiger partial charge in [0.25, 0.3) is 0 Å². The van der Waals surface area contributed by atoms with Crippen molar-refractivity contribution in [3.63, 3.8) is 0 Å². The van der Waals surface area contributed by atoms with E-state index in [0.717, 1.165) is 28.7 Å². The van der Waals surface area contributed by atoms with Crippen LogP contribution in [0.25, 0.3) is 26.9 Å². The van der Waals surface area contributed by atoms with Crippen molar-refractivity contribution in [2.24, 2.45) is 11.7 Å². The van der Waals surface area contributed by atoms with Gasteiger partial charge in [-0.3, -0.25) is 4.79 Å². The number of carbonyl (C=O) groups is 1. The van der Waals surface area contributed by atoms with Crippen molar-refractivity contribution in [2.75, 3.05) is 7.11 Å². The van der Waals surface area contributed by atoms with Crippen LogP contribution in [0.1, 0.15) is 42.9 Å². The standard InChI is InChI=1S/C30H28F3N3O4S.ClH/c1-39-22-4-2-3-21(14-22)18-9-11-20(12-10-18)27(30(31,32)33)40-28-26-25(35-16-36-28)23(15-41-26)19-7-5-17(6-8-19)13-24(34)29(37)38;/h2-4,7,9-12,14-17,24,27H,5-6,8,13,34H2,1H3,(H,37,38);1H/t17?,24-,27+;/m0./s1. The highest BCUT2D eigenvalue weighted by Gasteiger charge is 2.43. The maximum atomic E-state index is 14.3. The predicted molar refractivity (Wildman–Crippen MR) is 158 cm³/mol. The molecule has 2 heterocycles. The van der Waals surface area contributed by atoms with Gasteiger partial charge in [-0.2, -0.15) is 13.2 Å². The first-order valence-corrected chi connectivity index (χ1v) is 13.9. The van der Waals surface area contributed by atoms with Gasteiger partial charge in [0.05, 0.1) is 12.6 Å². The maximum absolute atomic E-state index is 14.3. The van der Waals surface area contributed by atoms with Crippen molar-refractivity contribution >= 4 is 45.5 Å². The minimum absolute atomic E-state index is 0. The van der Waals surface area contributed by atoms with Crippen LogP contribution in [0.3, 0.4) is 0 Å². The molecule has 222 valence electrons. The van der Waals surface area contributed by atoms with Gasteiger partial charge in [-0.1, -0.05) is 42.5 Å². The van der Waals surface area contributed by atoms with E-state index in [4.69, 9.17) is 20.3 Å². The fourth-order valence-corrected chi connectivity index (χ4v) is 6.01. The molecule has 3 atom stereocenters.